The maximum atomic E-state index is 13.0. The van der Waals surface area contributed by atoms with Gasteiger partial charge in [0, 0.05) is 13.2 Å². The molecule has 0 amide bonds. The molecule has 0 bridgehead atoms. The fourth-order valence-electron chi connectivity index (χ4n) is 1.50. The summed E-state index contributed by atoms with van der Waals surface area (Å²) < 4.78 is 44.8. The lowest BCUT2D eigenvalue weighted by molar-refractivity contribution is 0.157. The zero-order chi connectivity index (χ0) is 14.6. The van der Waals surface area contributed by atoms with Gasteiger partial charge in [-0.15, -0.1) is 0 Å². The monoisotopic (exact) mass is 290 g/mol. The lowest BCUT2D eigenvalue weighted by Crippen LogP contribution is -2.41. The van der Waals surface area contributed by atoms with Gasteiger partial charge in [-0.1, -0.05) is 13.8 Å². The van der Waals surface area contributed by atoms with E-state index in [0.717, 1.165) is 12.1 Å². The maximum Gasteiger partial charge on any atom is 0.240 e. The standard InChI is InChI=1S/C12H19FN2O3S/c1-8(2)12(7-18-3)15-19(16,17)9-4-5-10(13)11(14)6-9/h4-6,8,12,15H,7,14H2,1-3H3. The quantitative estimate of drug-likeness (QED) is 0.775. The van der Waals surface area contributed by atoms with Crippen molar-refractivity contribution in [3.8, 4) is 0 Å². The highest BCUT2D eigenvalue weighted by molar-refractivity contribution is 7.89. The molecule has 0 spiro atoms. The average molecular weight is 290 g/mol. The third kappa shape index (κ3) is 4.15. The van der Waals surface area contributed by atoms with Gasteiger partial charge in [-0.25, -0.2) is 17.5 Å². The van der Waals surface area contributed by atoms with Gasteiger partial charge < -0.3 is 10.5 Å². The predicted octanol–water partition coefficient (Wildman–Crippen LogP) is 1.36. The van der Waals surface area contributed by atoms with E-state index in [1.165, 1.54) is 13.2 Å². The molecule has 1 unspecified atom stereocenters. The molecule has 5 nitrogen and oxygen atoms in total. The molecule has 0 aliphatic rings. The van der Waals surface area contributed by atoms with Crippen molar-refractivity contribution in [2.75, 3.05) is 19.5 Å². The van der Waals surface area contributed by atoms with Gasteiger partial charge in [-0.3, -0.25) is 0 Å². The Bertz CT molecular complexity index is 532. The summed E-state index contributed by atoms with van der Waals surface area (Å²) in [6.07, 6.45) is 0. The number of ether oxygens (including phenoxy) is 1. The molecule has 0 aliphatic heterocycles. The molecular formula is C12H19FN2O3S. The van der Waals surface area contributed by atoms with Crippen molar-refractivity contribution >= 4 is 15.7 Å². The molecule has 0 aliphatic carbocycles. The summed E-state index contributed by atoms with van der Waals surface area (Å²) in [5.41, 5.74) is 5.18. The van der Waals surface area contributed by atoms with Crippen LogP contribution in [0.1, 0.15) is 13.8 Å². The van der Waals surface area contributed by atoms with E-state index in [0.29, 0.717) is 0 Å². The van der Waals surface area contributed by atoms with E-state index in [-0.39, 0.29) is 29.1 Å². The highest BCUT2D eigenvalue weighted by Crippen LogP contribution is 2.17. The largest absolute Gasteiger partial charge is 0.396 e. The second kappa shape index (κ2) is 6.31. The first-order valence-corrected chi connectivity index (χ1v) is 7.32. The predicted molar refractivity (Wildman–Crippen MR) is 71.6 cm³/mol. The molecular weight excluding hydrogens is 271 g/mol. The number of halogens is 1. The number of rotatable bonds is 6. The highest BCUT2D eigenvalue weighted by atomic mass is 32.2. The average Bonchev–Trinajstić information content (AvgIpc) is 2.31. The molecule has 0 radical (unpaired) electrons. The van der Waals surface area contributed by atoms with Crippen LogP contribution in [0, 0.1) is 11.7 Å². The van der Waals surface area contributed by atoms with Crippen molar-refractivity contribution in [2.45, 2.75) is 24.8 Å². The molecule has 0 saturated carbocycles. The zero-order valence-corrected chi connectivity index (χ0v) is 12.0. The number of hydrogen-bond donors (Lipinski definition) is 2. The van der Waals surface area contributed by atoms with Crippen LogP contribution in [-0.4, -0.2) is 28.2 Å². The van der Waals surface area contributed by atoms with E-state index in [1.807, 2.05) is 13.8 Å². The molecule has 108 valence electrons. The number of nitrogens with two attached hydrogens (primary N) is 1. The lowest BCUT2D eigenvalue weighted by Gasteiger charge is -2.21. The van der Waals surface area contributed by atoms with E-state index in [1.54, 1.807) is 0 Å². The van der Waals surface area contributed by atoms with E-state index >= 15 is 0 Å². The van der Waals surface area contributed by atoms with Crippen LogP contribution < -0.4 is 10.5 Å². The van der Waals surface area contributed by atoms with Crippen LogP contribution in [0.25, 0.3) is 0 Å². The van der Waals surface area contributed by atoms with Gasteiger partial charge in [0.1, 0.15) is 5.82 Å². The number of methoxy groups -OCH3 is 1. The summed E-state index contributed by atoms with van der Waals surface area (Å²) >= 11 is 0. The molecule has 0 heterocycles. The van der Waals surface area contributed by atoms with Crippen LogP contribution in [-0.2, 0) is 14.8 Å². The van der Waals surface area contributed by atoms with Crippen molar-refractivity contribution in [1.82, 2.24) is 4.72 Å². The second-order valence-corrected chi connectivity index (χ2v) is 6.32. The molecule has 0 aromatic heterocycles. The topological polar surface area (TPSA) is 81.4 Å². The number of sulfonamides is 1. The molecule has 0 saturated heterocycles. The fraction of sp³-hybridized carbons (Fsp3) is 0.500. The Balaban J connectivity index is 2.99. The summed E-state index contributed by atoms with van der Waals surface area (Å²) in [4.78, 5) is -0.0619. The van der Waals surface area contributed by atoms with Gasteiger partial charge in [0.2, 0.25) is 10.0 Å². The Morgan fingerprint density at radius 2 is 2.05 bits per heavy atom. The van der Waals surface area contributed by atoms with Crippen LogP contribution >= 0.6 is 0 Å². The van der Waals surface area contributed by atoms with Crippen molar-refractivity contribution < 1.29 is 17.5 Å². The summed E-state index contributed by atoms with van der Waals surface area (Å²) in [5.74, 6) is -0.580. The van der Waals surface area contributed by atoms with Crippen LogP contribution in [0.15, 0.2) is 23.1 Å². The van der Waals surface area contributed by atoms with Gasteiger partial charge in [-0.05, 0) is 24.1 Å². The smallest absolute Gasteiger partial charge is 0.240 e. The first-order chi connectivity index (χ1) is 8.77. The molecule has 1 atom stereocenters. The van der Waals surface area contributed by atoms with E-state index in [9.17, 15) is 12.8 Å². The third-order valence-corrected chi connectivity index (χ3v) is 4.22. The first-order valence-electron chi connectivity index (χ1n) is 5.84. The molecule has 0 fully saturated rings. The number of hydrogen-bond acceptors (Lipinski definition) is 4. The lowest BCUT2D eigenvalue weighted by atomic mass is 10.1. The van der Waals surface area contributed by atoms with E-state index in [4.69, 9.17) is 10.5 Å². The Morgan fingerprint density at radius 1 is 1.42 bits per heavy atom. The maximum absolute atomic E-state index is 13.0. The Kier molecular flexibility index (Phi) is 5.28. The van der Waals surface area contributed by atoms with Crippen LogP contribution in [0.5, 0.6) is 0 Å². The van der Waals surface area contributed by atoms with Gasteiger partial charge in [-0.2, -0.15) is 0 Å². The SMILES string of the molecule is COCC(NS(=O)(=O)c1ccc(F)c(N)c1)C(C)C. The summed E-state index contributed by atoms with van der Waals surface area (Å²) in [6, 6.07) is 2.95. The molecule has 1 aromatic rings. The molecule has 1 rings (SSSR count). The minimum atomic E-state index is -3.74. The third-order valence-electron chi connectivity index (χ3n) is 2.74. The molecule has 3 N–H and O–H groups in total. The first kappa shape index (κ1) is 15.9. The van der Waals surface area contributed by atoms with Gasteiger partial charge in [0.15, 0.2) is 0 Å². The van der Waals surface area contributed by atoms with Gasteiger partial charge in [0.05, 0.1) is 17.2 Å². The summed E-state index contributed by atoms with van der Waals surface area (Å²) in [5, 5.41) is 0. The van der Waals surface area contributed by atoms with Crippen LogP contribution in [0.4, 0.5) is 10.1 Å². The number of nitrogen functional groups attached to an aromatic ring is 1. The van der Waals surface area contributed by atoms with Crippen LogP contribution in [0.2, 0.25) is 0 Å². The molecule has 1 aromatic carbocycles. The molecule has 19 heavy (non-hydrogen) atoms. The number of benzene rings is 1. The van der Waals surface area contributed by atoms with Crippen molar-refractivity contribution in [1.29, 1.82) is 0 Å². The Labute approximate surface area is 113 Å². The summed E-state index contributed by atoms with van der Waals surface area (Å²) in [6.45, 7) is 4.02. The van der Waals surface area contributed by atoms with Crippen LogP contribution in [0.3, 0.4) is 0 Å². The van der Waals surface area contributed by atoms with Gasteiger partial charge in [0.25, 0.3) is 0 Å². The molecule has 7 heteroatoms. The number of nitrogens with one attached hydrogen (secondary N) is 1. The number of anilines is 1. The zero-order valence-electron chi connectivity index (χ0n) is 11.2. The van der Waals surface area contributed by atoms with E-state index in [2.05, 4.69) is 4.72 Å². The van der Waals surface area contributed by atoms with Crippen molar-refractivity contribution in [3.63, 3.8) is 0 Å². The minimum Gasteiger partial charge on any atom is -0.396 e. The Hall–Kier alpha value is -1.18. The van der Waals surface area contributed by atoms with E-state index < -0.39 is 15.8 Å². The Morgan fingerprint density at radius 3 is 2.53 bits per heavy atom. The summed E-state index contributed by atoms with van der Waals surface area (Å²) in [7, 11) is -2.24. The normalized spacial score (nSPS) is 13.7. The minimum absolute atomic E-state index is 0.0619. The second-order valence-electron chi connectivity index (χ2n) is 4.61. The van der Waals surface area contributed by atoms with Gasteiger partial charge >= 0.3 is 0 Å². The fourth-order valence-corrected chi connectivity index (χ4v) is 2.90. The highest BCUT2D eigenvalue weighted by Gasteiger charge is 2.23. The van der Waals surface area contributed by atoms with Crippen molar-refractivity contribution in [3.05, 3.63) is 24.0 Å². The van der Waals surface area contributed by atoms with Crippen molar-refractivity contribution in [2.24, 2.45) is 5.92 Å².